The minimum Gasteiger partial charge on any atom is -0.462 e. The minimum absolute atomic E-state index is 0.173. The molecule has 0 amide bonds. The zero-order valence-electron chi connectivity index (χ0n) is 41.6. The molecule has 0 radical (unpaired) electrons. The van der Waals surface area contributed by atoms with Crippen molar-refractivity contribution in [3.63, 3.8) is 0 Å². The fraction of sp³-hybridized carbons (Fsp3) is 0.962. The molecule has 0 saturated carbocycles. The Hall–Kier alpha value is -1.35. The normalized spacial score (nSPS) is 19.4. The van der Waals surface area contributed by atoms with Gasteiger partial charge in [-0.2, -0.15) is 8.42 Å². The van der Waals surface area contributed by atoms with Gasteiger partial charge < -0.3 is 34.3 Å². The molecule has 0 aromatic rings. The Morgan fingerprint density at radius 1 is 0.462 bits per heavy atom. The maximum atomic E-state index is 12.9. The van der Waals surface area contributed by atoms with E-state index in [-0.39, 0.29) is 19.4 Å². The van der Waals surface area contributed by atoms with Gasteiger partial charge in [0, 0.05) is 12.8 Å². The molecular formula is C52H100O12S. The van der Waals surface area contributed by atoms with Crippen molar-refractivity contribution in [3.05, 3.63) is 0 Å². The van der Waals surface area contributed by atoms with Crippen molar-refractivity contribution in [1.29, 1.82) is 0 Å². The number of rotatable bonds is 47. The summed E-state index contributed by atoms with van der Waals surface area (Å²) in [5.74, 6) is -1.96. The Bertz CT molecular complexity index is 1200. The molecule has 1 rings (SSSR count). The van der Waals surface area contributed by atoms with Gasteiger partial charge in [0.25, 0.3) is 10.1 Å². The summed E-state index contributed by atoms with van der Waals surface area (Å²) in [4.78, 5) is 25.5. The summed E-state index contributed by atoms with van der Waals surface area (Å²) in [6.07, 6.45) is 37.2. The van der Waals surface area contributed by atoms with Crippen molar-refractivity contribution < 1.29 is 56.8 Å². The third kappa shape index (κ3) is 37.3. The van der Waals surface area contributed by atoms with E-state index in [1.807, 2.05) is 0 Å². The summed E-state index contributed by atoms with van der Waals surface area (Å²) in [7, 11) is -4.60. The zero-order valence-corrected chi connectivity index (χ0v) is 42.4. The third-order valence-electron chi connectivity index (χ3n) is 12.9. The Kier molecular flexibility index (Phi) is 40.5. The summed E-state index contributed by atoms with van der Waals surface area (Å²) in [6.45, 7) is 3.82. The summed E-state index contributed by atoms with van der Waals surface area (Å²) in [5, 5.41) is 31.0. The molecule has 0 spiro atoms. The number of aliphatic hydroxyl groups excluding tert-OH is 3. The van der Waals surface area contributed by atoms with Crippen LogP contribution in [0, 0.1) is 0 Å². The van der Waals surface area contributed by atoms with E-state index in [0.717, 1.165) is 38.5 Å². The molecule has 12 nitrogen and oxygen atoms in total. The Balaban J connectivity index is 2.31. The molecule has 6 atom stereocenters. The molecule has 65 heavy (non-hydrogen) atoms. The quantitative estimate of drug-likeness (QED) is 0.0257. The van der Waals surface area contributed by atoms with Crippen LogP contribution in [0.2, 0.25) is 0 Å². The number of unbranched alkanes of at least 4 members (excludes halogenated alkanes) is 35. The van der Waals surface area contributed by atoms with Crippen LogP contribution in [-0.4, -0.2) is 96.0 Å². The predicted octanol–water partition coefficient (Wildman–Crippen LogP) is 12.4. The van der Waals surface area contributed by atoms with Gasteiger partial charge in [-0.25, -0.2) is 0 Å². The van der Waals surface area contributed by atoms with E-state index in [1.54, 1.807) is 0 Å². The molecule has 1 heterocycles. The summed E-state index contributed by atoms with van der Waals surface area (Å²) in [5.41, 5.74) is 0. The monoisotopic (exact) mass is 949 g/mol. The molecule has 0 aromatic heterocycles. The number of hydrogen-bond donors (Lipinski definition) is 4. The Morgan fingerprint density at radius 2 is 0.785 bits per heavy atom. The standard InChI is InChI=1S/C52H100O12S/c1-3-5-7-9-11-13-15-17-19-20-21-22-23-24-25-27-29-31-33-35-37-39-41-48(54)63-45(43-62-52-51(57)50(56)49(55)46(64-52)44-65(58,59)60)42-61-47(53)40-38-36-34-32-30-28-26-18-16-14-12-10-8-6-4-2/h45-46,49-52,55-57H,3-44H2,1-2H3,(H,58,59,60). The van der Waals surface area contributed by atoms with Crippen LogP contribution < -0.4 is 0 Å². The van der Waals surface area contributed by atoms with Crippen LogP contribution in [0.5, 0.6) is 0 Å². The van der Waals surface area contributed by atoms with E-state index in [2.05, 4.69) is 13.8 Å². The van der Waals surface area contributed by atoms with Crippen LogP contribution in [0.4, 0.5) is 0 Å². The van der Waals surface area contributed by atoms with Crippen LogP contribution >= 0.6 is 0 Å². The smallest absolute Gasteiger partial charge is 0.306 e. The van der Waals surface area contributed by atoms with Crippen molar-refractivity contribution in [2.24, 2.45) is 0 Å². The van der Waals surface area contributed by atoms with E-state index in [1.165, 1.54) is 186 Å². The summed E-state index contributed by atoms with van der Waals surface area (Å²) >= 11 is 0. The topological polar surface area (TPSA) is 186 Å². The van der Waals surface area contributed by atoms with Gasteiger partial charge in [-0.15, -0.1) is 0 Å². The van der Waals surface area contributed by atoms with Crippen molar-refractivity contribution in [2.45, 2.75) is 301 Å². The molecule has 1 saturated heterocycles. The Morgan fingerprint density at radius 3 is 1.12 bits per heavy atom. The molecule has 4 N–H and O–H groups in total. The number of aliphatic hydroxyl groups is 3. The second-order valence-corrected chi connectivity index (χ2v) is 20.8. The van der Waals surface area contributed by atoms with E-state index >= 15 is 0 Å². The Labute approximate surface area is 397 Å². The van der Waals surface area contributed by atoms with E-state index in [9.17, 15) is 37.9 Å². The van der Waals surface area contributed by atoms with E-state index in [4.69, 9.17) is 18.9 Å². The molecule has 0 bridgehead atoms. The van der Waals surface area contributed by atoms with Crippen molar-refractivity contribution in [3.8, 4) is 0 Å². The minimum atomic E-state index is -4.60. The number of hydrogen-bond acceptors (Lipinski definition) is 11. The van der Waals surface area contributed by atoms with Crippen LogP contribution in [0.1, 0.15) is 264 Å². The number of ether oxygens (including phenoxy) is 4. The number of carbonyl (C=O) groups excluding carboxylic acids is 2. The van der Waals surface area contributed by atoms with Crippen LogP contribution in [0.3, 0.4) is 0 Å². The second-order valence-electron chi connectivity index (χ2n) is 19.3. The maximum absolute atomic E-state index is 12.9. The highest BCUT2D eigenvalue weighted by Gasteiger charge is 2.46. The van der Waals surface area contributed by atoms with Gasteiger partial charge in [0.2, 0.25) is 0 Å². The van der Waals surface area contributed by atoms with Gasteiger partial charge in [-0.1, -0.05) is 239 Å². The second kappa shape index (κ2) is 42.7. The zero-order chi connectivity index (χ0) is 47.6. The van der Waals surface area contributed by atoms with Gasteiger partial charge in [0.15, 0.2) is 12.4 Å². The van der Waals surface area contributed by atoms with E-state index in [0.29, 0.717) is 12.8 Å². The largest absolute Gasteiger partial charge is 0.462 e. The first kappa shape index (κ1) is 61.7. The third-order valence-corrected chi connectivity index (χ3v) is 13.7. The molecule has 1 fully saturated rings. The SMILES string of the molecule is CCCCCCCCCCCCCCCCCCCCCCCCC(=O)OC(COC(=O)CCCCCCCCCCCCCCCCC)COC1OC(CS(=O)(=O)O)C(O)C(O)C1O. The van der Waals surface area contributed by atoms with Crippen LogP contribution in [-0.2, 0) is 38.7 Å². The highest BCUT2D eigenvalue weighted by Crippen LogP contribution is 2.24. The lowest BCUT2D eigenvalue weighted by atomic mass is 10.00. The first-order valence-corrected chi connectivity index (χ1v) is 28.7. The molecule has 6 unspecified atom stereocenters. The molecule has 1 aliphatic heterocycles. The lowest BCUT2D eigenvalue weighted by molar-refractivity contribution is -0.297. The molecule has 386 valence electrons. The molecule has 13 heteroatoms. The molecular weight excluding hydrogens is 849 g/mol. The van der Waals surface area contributed by atoms with Gasteiger partial charge in [-0.05, 0) is 12.8 Å². The van der Waals surface area contributed by atoms with Gasteiger partial charge in [-0.3, -0.25) is 14.1 Å². The van der Waals surface area contributed by atoms with E-state index < -0.39 is 71.2 Å². The first-order valence-electron chi connectivity index (χ1n) is 27.1. The average molecular weight is 949 g/mol. The fourth-order valence-electron chi connectivity index (χ4n) is 8.74. The summed E-state index contributed by atoms with van der Waals surface area (Å²) < 4.78 is 54.3. The lowest BCUT2D eigenvalue weighted by Crippen LogP contribution is -2.60. The predicted molar refractivity (Wildman–Crippen MR) is 261 cm³/mol. The van der Waals surface area contributed by atoms with Gasteiger partial charge >= 0.3 is 11.9 Å². The van der Waals surface area contributed by atoms with Crippen molar-refractivity contribution in [1.82, 2.24) is 0 Å². The average Bonchev–Trinajstić information content (AvgIpc) is 3.27. The molecule has 1 aliphatic rings. The highest BCUT2D eigenvalue weighted by molar-refractivity contribution is 7.85. The fourth-order valence-corrected chi connectivity index (χ4v) is 9.43. The highest BCUT2D eigenvalue weighted by atomic mass is 32.2. The van der Waals surface area contributed by atoms with Crippen LogP contribution in [0.15, 0.2) is 0 Å². The van der Waals surface area contributed by atoms with Crippen molar-refractivity contribution in [2.75, 3.05) is 19.0 Å². The molecule has 0 aliphatic carbocycles. The lowest BCUT2D eigenvalue weighted by Gasteiger charge is -2.40. The van der Waals surface area contributed by atoms with Gasteiger partial charge in [0.1, 0.15) is 36.8 Å². The van der Waals surface area contributed by atoms with Gasteiger partial charge in [0.05, 0.1) is 6.61 Å². The van der Waals surface area contributed by atoms with Crippen LogP contribution in [0.25, 0.3) is 0 Å². The maximum Gasteiger partial charge on any atom is 0.306 e. The first-order chi connectivity index (χ1) is 31.5. The number of carbonyl (C=O) groups is 2. The molecule has 0 aromatic carbocycles. The number of esters is 2. The summed E-state index contributed by atoms with van der Waals surface area (Å²) in [6, 6.07) is 0. The van der Waals surface area contributed by atoms with Crippen molar-refractivity contribution >= 4 is 22.1 Å².